The number of amides is 1. The first-order valence-corrected chi connectivity index (χ1v) is 8.85. The number of carbonyl (C=O) groups is 1. The zero-order valence-corrected chi connectivity index (χ0v) is 13.8. The maximum atomic E-state index is 12.8. The highest BCUT2D eigenvalue weighted by molar-refractivity contribution is 7.09. The molecule has 0 unspecified atom stereocenters. The van der Waals surface area contributed by atoms with Crippen molar-refractivity contribution in [1.29, 1.82) is 5.26 Å². The van der Waals surface area contributed by atoms with E-state index in [2.05, 4.69) is 22.5 Å². The fourth-order valence-electron chi connectivity index (χ4n) is 3.08. The molecule has 5 heteroatoms. The van der Waals surface area contributed by atoms with E-state index in [0.717, 1.165) is 32.2 Å². The Bertz CT molecular complexity index is 688. The molecule has 1 saturated heterocycles. The SMILES string of the molecule is N#Cc1ccc(C(=O)N2CCCC[C@@H]2CCc2cccs2)cn1. The van der Waals surface area contributed by atoms with E-state index < -0.39 is 0 Å². The highest BCUT2D eigenvalue weighted by Crippen LogP contribution is 2.24. The van der Waals surface area contributed by atoms with E-state index in [0.29, 0.717) is 17.3 Å². The fourth-order valence-corrected chi connectivity index (χ4v) is 3.81. The van der Waals surface area contributed by atoms with Crippen molar-refractivity contribution in [1.82, 2.24) is 9.88 Å². The molecule has 3 heterocycles. The maximum absolute atomic E-state index is 12.8. The highest BCUT2D eigenvalue weighted by Gasteiger charge is 2.27. The molecule has 1 fully saturated rings. The molecule has 1 amide bonds. The number of pyridine rings is 1. The van der Waals surface area contributed by atoms with Gasteiger partial charge in [0.25, 0.3) is 5.91 Å². The second-order valence-corrected chi connectivity index (χ2v) is 6.84. The lowest BCUT2D eigenvalue weighted by molar-refractivity contribution is 0.0602. The van der Waals surface area contributed by atoms with E-state index in [1.54, 1.807) is 23.5 Å². The summed E-state index contributed by atoms with van der Waals surface area (Å²) in [5, 5.41) is 10.9. The molecule has 2 aromatic rings. The van der Waals surface area contributed by atoms with Crippen molar-refractivity contribution in [3.8, 4) is 6.07 Å². The predicted molar refractivity (Wildman–Crippen MR) is 90.3 cm³/mol. The van der Waals surface area contributed by atoms with Gasteiger partial charge < -0.3 is 4.90 Å². The van der Waals surface area contributed by atoms with Crippen LogP contribution in [-0.2, 0) is 6.42 Å². The Morgan fingerprint density at radius 3 is 3.00 bits per heavy atom. The third-order valence-electron chi connectivity index (χ3n) is 4.32. The number of piperidine rings is 1. The van der Waals surface area contributed by atoms with Crippen LogP contribution in [0.25, 0.3) is 0 Å². The Morgan fingerprint density at radius 1 is 1.39 bits per heavy atom. The minimum Gasteiger partial charge on any atom is -0.336 e. The molecule has 4 nitrogen and oxygen atoms in total. The average molecular weight is 325 g/mol. The van der Waals surface area contributed by atoms with Crippen molar-refractivity contribution in [3.63, 3.8) is 0 Å². The Balaban J connectivity index is 1.69. The Kier molecular flexibility index (Phi) is 5.04. The van der Waals surface area contributed by atoms with E-state index in [9.17, 15) is 4.79 Å². The van der Waals surface area contributed by atoms with Gasteiger partial charge in [0.15, 0.2) is 0 Å². The molecule has 0 spiro atoms. The van der Waals surface area contributed by atoms with Crippen LogP contribution < -0.4 is 0 Å². The third-order valence-corrected chi connectivity index (χ3v) is 5.25. The van der Waals surface area contributed by atoms with Gasteiger partial charge >= 0.3 is 0 Å². The first-order chi connectivity index (χ1) is 11.3. The predicted octanol–water partition coefficient (Wildman–Crippen LogP) is 3.64. The topological polar surface area (TPSA) is 57.0 Å². The maximum Gasteiger partial charge on any atom is 0.255 e. The van der Waals surface area contributed by atoms with Crippen molar-refractivity contribution < 1.29 is 4.79 Å². The molecule has 0 bridgehead atoms. The molecule has 0 saturated carbocycles. The third kappa shape index (κ3) is 3.77. The van der Waals surface area contributed by atoms with Crippen LogP contribution in [0.15, 0.2) is 35.8 Å². The van der Waals surface area contributed by atoms with E-state index in [1.807, 2.05) is 11.0 Å². The molecule has 0 N–H and O–H groups in total. The number of nitriles is 1. The summed E-state index contributed by atoms with van der Waals surface area (Å²) in [5.74, 6) is 0.0397. The zero-order chi connectivity index (χ0) is 16.1. The molecule has 0 radical (unpaired) electrons. The normalized spacial score (nSPS) is 17.7. The summed E-state index contributed by atoms with van der Waals surface area (Å²) < 4.78 is 0. The summed E-state index contributed by atoms with van der Waals surface area (Å²) in [6.45, 7) is 0.813. The minimum absolute atomic E-state index is 0.0397. The monoisotopic (exact) mass is 325 g/mol. The van der Waals surface area contributed by atoms with Gasteiger partial charge in [-0.15, -0.1) is 11.3 Å². The molecule has 0 aromatic carbocycles. The summed E-state index contributed by atoms with van der Waals surface area (Å²) >= 11 is 1.78. The second kappa shape index (κ2) is 7.38. The smallest absolute Gasteiger partial charge is 0.255 e. The van der Waals surface area contributed by atoms with Crippen LogP contribution in [0.4, 0.5) is 0 Å². The molecule has 2 aromatic heterocycles. The number of likely N-dealkylation sites (tertiary alicyclic amines) is 1. The van der Waals surface area contributed by atoms with Crippen LogP contribution >= 0.6 is 11.3 Å². The molecular weight excluding hydrogens is 306 g/mol. The molecule has 1 atom stereocenters. The van der Waals surface area contributed by atoms with E-state index >= 15 is 0 Å². The van der Waals surface area contributed by atoms with Gasteiger partial charge in [0, 0.05) is 23.7 Å². The van der Waals surface area contributed by atoms with Crippen molar-refractivity contribution in [2.24, 2.45) is 0 Å². The van der Waals surface area contributed by atoms with Gasteiger partial charge in [-0.2, -0.15) is 5.26 Å². The van der Waals surface area contributed by atoms with Crippen molar-refractivity contribution in [2.75, 3.05) is 6.54 Å². The highest BCUT2D eigenvalue weighted by atomic mass is 32.1. The van der Waals surface area contributed by atoms with E-state index in [4.69, 9.17) is 5.26 Å². The summed E-state index contributed by atoms with van der Waals surface area (Å²) in [5.41, 5.74) is 0.918. The van der Waals surface area contributed by atoms with Crippen molar-refractivity contribution in [3.05, 3.63) is 52.0 Å². The number of rotatable bonds is 4. The van der Waals surface area contributed by atoms with Gasteiger partial charge in [-0.25, -0.2) is 4.98 Å². The molecule has 23 heavy (non-hydrogen) atoms. The van der Waals surface area contributed by atoms with Crippen LogP contribution in [-0.4, -0.2) is 28.4 Å². The number of aryl methyl sites for hydroxylation is 1. The van der Waals surface area contributed by atoms with E-state index in [1.165, 1.54) is 17.5 Å². The van der Waals surface area contributed by atoms with Gasteiger partial charge in [0.2, 0.25) is 0 Å². The lowest BCUT2D eigenvalue weighted by atomic mass is 9.96. The number of aromatic nitrogens is 1. The Labute approximate surface area is 140 Å². The Morgan fingerprint density at radius 2 is 2.30 bits per heavy atom. The lowest BCUT2D eigenvalue weighted by Gasteiger charge is -2.36. The first kappa shape index (κ1) is 15.7. The van der Waals surface area contributed by atoms with Gasteiger partial charge in [0.05, 0.1) is 5.56 Å². The molecule has 0 aliphatic carbocycles. The zero-order valence-electron chi connectivity index (χ0n) is 12.9. The summed E-state index contributed by atoms with van der Waals surface area (Å²) in [6.07, 6.45) is 6.87. The fraction of sp³-hybridized carbons (Fsp3) is 0.389. The summed E-state index contributed by atoms with van der Waals surface area (Å²) in [7, 11) is 0. The number of carbonyl (C=O) groups excluding carboxylic acids is 1. The molecular formula is C18H19N3OS. The van der Waals surface area contributed by atoms with Crippen molar-refractivity contribution >= 4 is 17.2 Å². The molecule has 118 valence electrons. The van der Waals surface area contributed by atoms with Gasteiger partial charge in [-0.3, -0.25) is 4.79 Å². The number of thiophene rings is 1. The van der Waals surface area contributed by atoms with Crippen LogP contribution in [0.1, 0.15) is 46.6 Å². The lowest BCUT2D eigenvalue weighted by Crippen LogP contribution is -2.44. The average Bonchev–Trinajstić information content (AvgIpc) is 3.13. The summed E-state index contributed by atoms with van der Waals surface area (Å²) in [6, 6.07) is 9.83. The second-order valence-electron chi connectivity index (χ2n) is 5.81. The standard InChI is InChI=1S/C18H19N3OS/c19-12-15-7-6-14(13-20-15)18(22)21-10-2-1-4-16(21)8-9-17-5-3-11-23-17/h3,5-7,11,13,16H,1-2,4,8-10H2/t16-/m1/s1. The van der Waals surface area contributed by atoms with Crippen LogP contribution in [0.5, 0.6) is 0 Å². The molecule has 1 aliphatic rings. The Hall–Kier alpha value is -2.19. The van der Waals surface area contributed by atoms with Crippen LogP contribution in [0, 0.1) is 11.3 Å². The van der Waals surface area contributed by atoms with E-state index in [-0.39, 0.29) is 5.91 Å². The molecule has 3 rings (SSSR count). The number of hydrogen-bond acceptors (Lipinski definition) is 4. The molecule has 1 aliphatic heterocycles. The van der Waals surface area contributed by atoms with Crippen LogP contribution in [0.3, 0.4) is 0 Å². The van der Waals surface area contributed by atoms with Gasteiger partial charge in [-0.1, -0.05) is 6.07 Å². The number of nitrogens with zero attached hydrogens (tertiary/aromatic N) is 3. The minimum atomic E-state index is 0.0397. The number of hydrogen-bond donors (Lipinski definition) is 0. The van der Waals surface area contributed by atoms with Crippen molar-refractivity contribution in [2.45, 2.75) is 38.1 Å². The first-order valence-electron chi connectivity index (χ1n) is 7.97. The summed E-state index contributed by atoms with van der Waals surface area (Å²) in [4.78, 5) is 20.2. The quantitative estimate of drug-likeness (QED) is 0.862. The van der Waals surface area contributed by atoms with Gasteiger partial charge in [-0.05, 0) is 55.7 Å². The van der Waals surface area contributed by atoms with Crippen LogP contribution in [0.2, 0.25) is 0 Å². The van der Waals surface area contributed by atoms with Gasteiger partial charge in [0.1, 0.15) is 11.8 Å². The largest absolute Gasteiger partial charge is 0.336 e.